The molecule has 0 bridgehead atoms. The Morgan fingerprint density at radius 1 is 1.35 bits per heavy atom. The van der Waals surface area contributed by atoms with Gasteiger partial charge in [-0.3, -0.25) is 4.79 Å². The standard InChI is InChI=1S/C13H17IO3/c1-3-16-8-10(2)17-9-13(15)11-4-6-12(14)7-5-11/h4-7,10H,3,8-9H2,1-2H3. The molecule has 0 saturated carbocycles. The minimum atomic E-state index is -0.0530. The van der Waals surface area contributed by atoms with Crippen molar-refractivity contribution in [3.8, 4) is 0 Å². The lowest BCUT2D eigenvalue weighted by Crippen LogP contribution is -2.20. The molecule has 0 aliphatic carbocycles. The van der Waals surface area contributed by atoms with Crippen molar-refractivity contribution in [3.63, 3.8) is 0 Å². The monoisotopic (exact) mass is 348 g/mol. The van der Waals surface area contributed by atoms with Gasteiger partial charge in [-0.05, 0) is 48.6 Å². The Kier molecular flexibility index (Phi) is 6.69. The summed E-state index contributed by atoms with van der Waals surface area (Å²) in [7, 11) is 0. The van der Waals surface area contributed by atoms with Gasteiger partial charge in [0.05, 0.1) is 12.7 Å². The summed E-state index contributed by atoms with van der Waals surface area (Å²) in [5.74, 6) is 0.00440. The Morgan fingerprint density at radius 3 is 2.59 bits per heavy atom. The summed E-state index contributed by atoms with van der Waals surface area (Å²) in [6.07, 6.45) is -0.0530. The molecule has 1 unspecified atom stereocenters. The summed E-state index contributed by atoms with van der Waals surface area (Å²) < 4.78 is 11.7. The molecule has 0 aliphatic heterocycles. The lowest BCUT2D eigenvalue weighted by atomic mass is 10.1. The lowest BCUT2D eigenvalue weighted by molar-refractivity contribution is 0.00115. The smallest absolute Gasteiger partial charge is 0.188 e. The molecule has 1 rings (SSSR count). The van der Waals surface area contributed by atoms with Gasteiger partial charge >= 0.3 is 0 Å². The number of hydrogen-bond acceptors (Lipinski definition) is 3. The number of carbonyl (C=O) groups is 1. The fourth-order valence-corrected chi connectivity index (χ4v) is 1.63. The molecule has 0 aromatic heterocycles. The minimum absolute atomic E-state index is 0.00440. The first-order valence-corrected chi connectivity index (χ1v) is 6.69. The Bertz CT molecular complexity index is 348. The first-order chi connectivity index (χ1) is 8.13. The van der Waals surface area contributed by atoms with Crippen LogP contribution in [0.15, 0.2) is 24.3 Å². The van der Waals surface area contributed by atoms with Crippen LogP contribution in [-0.2, 0) is 9.47 Å². The molecule has 0 N–H and O–H groups in total. The first-order valence-electron chi connectivity index (χ1n) is 5.61. The van der Waals surface area contributed by atoms with E-state index in [-0.39, 0.29) is 18.5 Å². The molecule has 94 valence electrons. The number of benzene rings is 1. The van der Waals surface area contributed by atoms with Crippen LogP contribution in [0.3, 0.4) is 0 Å². The number of rotatable bonds is 7. The number of Topliss-reactive ketones (excluding diaryl/α,β-unsaturated/α-hetero) is 1. The topological polar surface area (TPSA) is 35.5 Å². The Labute approximate surface area is 116 Å². The van der Waals surface area contributed by atoms with E-state index in [4.69, 9.17) is 9.47 Å². The molecule has 17 heavy (non-hydrogen) atoms. The molecular formula is C13H17IO3. The predicted molar refractivity (Wildman–Crippen MR) is 75.4 cm³/mol. The Balaban J connectivity index is 2.36. The van der Waals surface area contributed by atoms with Gasteiger partial charge in [0, 0.05) is 15.7 Å². The van der Waals surface area contributed by atoms with Crippen molar-refractivity contribution >= 4 is 28.4 Å². The van der Waals surface area contributed by atoms with Gasteiger partial charge in [-0.25, -0.2) is 0 Å². The van der Waals surface area contributed by atoms with Crippen LogP contribution in [0.25, 0.3) is 0 Å². The Hall–Kier alpha value is -0.460. The summed E-state index contributed by atoms with van der Waals surface area (Å²) in [5.41, 5.74) is 0.689. The highest BCUT2D eigenvalue weighted by Gasteiger charge is 2.09. The number of ketones is 1. The Morgan fingerprint density at radius 2 is 2.00 bits per heavy atom. The maximum absolute atomic E-state index is 11.8. The summed E-state index contributed by atoms with van der Waals surface area (Å²) in [6.45, 7) is 5.13. The van der Waals surface area contributed by atoms with Crippen molar-refractivity contribution in [2.75, 3.05) is 19.8 Å². The molecule has 1 aromatic carbocycles. The molecule has 0 radical (unpaired) electrons. The zero-order valence-electron chi connectivity index (χ0n) is 10.1. The number of ether oxygens (including phenoxy) is 2. The van der Waals surface area contributed by atoms with Gasteiger partial charge in [-0.2, -0.15) is 0 Å². The number of halogens is 1. The third-order valence-electron chi connectivity index (χ3n) is 2.22. The molecular weight excluding hydrogens is 331 g/mol. The fraction of sp³-hybridized carbons (Fsp3) is 0.462. The van der Waals surface area contributed by atoms with Crippen LogP contribution in [0.5, 0.6) is 0 Å². The zero-order valence-corrected chi connectivity index (χ0v) is 12.3. The molecule has 0 spiro atoms. The van der Waals surface area contributed by atoms with Crippen molar-refractivity contribution in [2.45, 2.75) is 20.0 Å². The highest BCUT2D eigenvalue weighted by atomic mass is 127. The van der Waals surface area contributed by atoms with Gasteiger partial charge in [-0.1, -0.05) is 12.1 Å². The maximum atomic E-state index is 11.8. The largest absolute Gasteiger partial charge is 0.379 e. The van der Waals surface area contributed by atoms with E-state index in [9.17, 15) is 4.79 Å². The molecule has 1 atom stereocenters. The lowest BCUT2D eigenvalue weighted by Gasteiger charge is -2.12. The molecule has 3 nitrogen and oxygen atoms in total. The number of hydrogen-bond donors (Lipinski definition) is 0. The normalized spacial score (nSPS) is 12.4. The highest BCUT2D eigenvalue weighted by Crippen LogP contribution is 2.08. The van der Waals surface area contributed by atoms with Crippen LogP contribution in [0.1, 0.15) is 24.2 Å². The van der Waals surface area contributed by atoms with Crippen molar-refractivity contribution in [1.82, 2.24) is 0 Å². The average molecular weight is 348 g/mol. The quantitative estimate of drug-likeness (QED) is 0.562. The van der Waals surface area contributed by atoms with E-state index in [0.717, 1.165) is 3.57 Å². The van der Waals surface area contributed by atoms with Crippen molar-refractivity contribution < 1.29 is 14.3 Å². The first kappa shape index (κ1) is 14.6. The van der Waals surface area contributed by atoms with Crippen molar-refractivity contribution in [2.24, 2.45) is 0 Å². The van der Waals surface area contributed by atoms with Gasteiger partial charge in [-0.15, -0.1) is 0 Å². The average Bonchev–Trinajstić information content (AvgIpc) is 2.34. The molecule has 4 heteroatoms. The van der Waals surface area contributed by atoms with Gasteiger partial charge in [0.2, 0.25) is 0 Å². The van der Waals surface area contributed by atoms with Gasteiger partial charge in [0.15, 0.2) is 5.78 Å². The molecule has 0 heterocycles. The van der Waals surface area contributed by atoms with Gasteiger partial charge < -0.3 is 9.47 Å². The van der Waals surface area contributed by atoms with E-state index < -0.39 is 0 Å². The third kappa shape index (κ3) is 5.61. The second-order valence-electron chi connectivity index (χ2n) is 3.71. The van der Waals surface area contributed by atoms with E-state index >= 15 is 0 Å². The van der Waals surface area contributed by atoms with Crippen LogP contribution < -0.4 is 0 Å². The van der Waals surface area contributed by atoms with E-state index in [0.29, 0.717) is 18.8 Å². The van der Waals surface area contributed by atoms with E-state index in [1.54, 1.807) is 0 Å². The molecule has 0 amide bonds. The second kappa shape index (κ2) is 7.79. The van der Waals surface area contributed by atoms with Crippen LogP contribution in [0.2, 0.25) is 0 Å². The van der Waals surface area contributed by atoms with E-state index in [1.165, 1.54) is 0 Å². The van der Waals surface area contributed by atoms with Crippen LogP contribution in [-0.4, -0.2) is 31.7 Å². The van der Waals surface area contributed by atoms with Crippen LogP contribution in [0, 0.1) is 3.57 Å². The molecule has 0 saturated heterocycles. The van der Waals surface area contributed by atoms with Crippen molar-refractivity contribution in [3.05, 3.63) is 33.4 Å². The zero-order chi connectivity index (χ0) is 12.7. The summed E-state index contributed by atoms with van der Waals surface area (Å²) >= 11 is 2.21. The summed E-state index contributed by atoms with van der Waals surface area (Å²) in [4.78, 5) is 11.8. The molecule has 0 aliphatic rings. The summed E-state index contributed by atoms with van der Waals surface area (Å²) in [5, 5.41) is 0. The highest BCUT2D eigenvalue weighted by molar-refractivity contribution is 14.1. The van der Waals surface area contributed by atoms with Gasteiger partial charge in [0.25, 0.3) is 0 Å². The maximum Gasteiger partial charge on any atom is 0.188 e. The van der Waals surface area contributed by atoms with Crippen molar-refractivity contribution in [1.29, 1.82) is 0 Å². The minimum Gasteiger partial charge on any atom is -0.379 e. The van der Waals surface area contributed by atoms with E-state index in [1.807, 2.05) is 38.1 Å². The van der Waals surface area contributed by atoms with Crippen LogP contribution in [0.4, 0.5) is 0 Å². The van der Waals surface area contributed by atoms with Crippen LogP contribution >= 0.6 is 22.6 Å². The number of carbonyl (C=O) groups excluding carboxylic acids is 1. The molecule has 0 fully saturated rings. The second-order valence-corrected chi connectivity index (χ2v) is 4.96. The summed E-state index contributed by atoms with van der Waals surface area (Å²) in [6, 6.07) is 7.47. The SMILES string of the molecule is CCOCC(C)OCC(=O)c1ccc(I)cc1. The fourth-order valence-electron chi connectivity index (χ4n) is 1.27. The predicted octanol–water partition coefficient (Wildman–Crippen LogP) is 2.92. The third-order valence-corrected chi connectivity index (χ3v) is 2.94. The molecule has 1 aromatic rings. The van der Waals surface area contributed by atoms with E-state index in [2.05, 4.69) is 22.6 Å². The van der Waals surface area contributed by atoms with Gasteiger partial charge in [0.1, 0.15) is 6.61 Å².